The first-order valence-electron chi connectivity index (χ1n) is 10.3. The highest BCUT2D eigenvalue weighted by Gasteiger charge is 2.68. The zero-order chi connectivity index (χ0) is 25.1. The van der Waals surface area contributed by atoms with Crippen molar-refractivity contribution in [3.63, 3.8) is 0 Å². The Labute approximate surface area is 207 Å². The molecule has 1 saturated carbocycles. The van der Waals surface area contributed by atoms with Crippen molar-refractivity contribution < 1.29 is 31.5 Å². The number of nitrogens with zero attached hydrogens (tertiary/aromatic N) is 4. The van der Waals surface area contributed by atoms with Crippen molar-refractivity contribution in [2.45, 2.75) is 37.1 Å². The highest BCUT2D eigenvalue weighted by molar-refractivity contribution is 9.11. The van der Waals surface area contributed by atoms with E-state index in [-0.39, 0.29) is 29.8 Å². The first-order valence-corrected chi connectivity index (χ1v) is 11.9. The van der Waals surface area contributed by atoms with E-state index in [0.717, 1.165) is 40.5 Å². The van der Waals surface area contributed by atoms with Gasteiger partial charge < -0.3 is 4.90 Å². The van der Waals surface area contributed by atoms with Crippen LogP contribution in [0.2, 0.25) is 0 Å². The van der Waals surface area contributed by atoms with Gasteiger partial charge in [0.2, 0.25) is 0 Å². The number of imide groups is 1. The zero-order valence-electron chi connectivity index (χ0n) is 17.5. The van der Waals surface area contributed by atoms with E-state index in [4.69, 9.17) is 0 Å². The van der Waals surface area contributed by atoms with E-state index in [1.54, 1.807) is 0 Å². The van der Waals surface area contributed by atoms with Crippen LogP contribution >= 0.6 is 27.3 Å². The Morgan fingerprint density at radius 3 is 2.23 bits per heavy atom. The summed E-state index contributed by atoms with van der Waals surface area (Å²) in [5.41, 5.74) is -1.65. The quantitative estimate of drug-likeness (QED) is 0.284. The van der Waals surface area contributed by atoms with Gasteiger partial charge in [-0.1, -0.05) is 35.6 Å². The molecule has 2 fully saturated rings. The third-order valence-electron chi connectivity index (χ3n) is 6.07. The Hall–Kier alpha value is -2.93. The normalized spacial score (nSPS) is 18.0. The van der Waals surface area contributed by atoms with E-state index in [1.807, 2.05) is 0 Å². The lowest BCUT2D eigenvalue weighted by Gasteiger charge is -2.29. The number of amides is 3. The van der Waals surface area contributed by atoms with Crippen LogP contribution in [0.1, 0.15) is 29.5 Å². The number of halogens is 6. The van der Waals surface area contributed by atoms with E-state index >= 15 is 4.39 Å². The zero-order valence-corrected chi connectivity index (χ0v) is 19.9. The Kier molecular flexibility index (Phi) is 5.66. The van der Waals surface area contributed by atoms with Gasteiger partial charge in [-0.3, -0.25) is 4.79 Å². The monoisotopic (exact) mass is 572 g/mol. The minimum atomic E-state index is -5.14. The first kappa shape index (κ1) is 23.8. The third-order valence-corrected chi connectivity index (χ3v) is 7.41. The van der Waals surface area contributed by atoms with E-state index in [2.05, 4.69) is 26.1 Å². The molecule has 3 aromatic rings. The van der Waals surface area contributed by atoms with Crippen molar-refractivity contribution in [3.8, 4) is 11.1 Å². The minimum absolute atomic E-state index is 0.110. The molecule has 2 aromatic carbocycles. The van der Waals surface area contributed by atoms with Crippen LogP contribution in [0.3, 0.4) is 0 Å². The summed E-state index contributed by atoms with van der Waals surface area (Å²) < 4.78 is 71.6. The van der Waals surface area contributed by atoms with Gasteiger partial charge >= 0.3 is 12.2 Å². The summed E-state index contributed by atoms with van der Waals surface area (Å²) in [6, 6.07) is 4.03. The fourth-order valence-electron chi connectivity index (χ4n) is 4.25. The summed E-state index contributed by atoms with van der Waals surface area (Å²) in [6.45, 7) is -0.194. The van der Waals surface area contributed by atoms with Gasteiger partial charge in [0.05, 0.1) is 6.54 Å². The average Bonchev–Trinajstić information content (AvgIpc) is 3.46. The molecular formula is C22H14BrF5N4O2S. The van der Waals surface area contributed by atoms with Gasteiger partial charge in [-0.15, -0.1) is 10.2 Å². The molecule has 2 aliphatic rings. The number of rotatable bonds is 5. The lowest BCUT2D eigenvalue weighted by molar-refractivity contribution is -0.183. The van der Waals surface area contributed by atoms with Crippen molar-refractivity contribution in [3.05, 3.63) is 68.6 Å². The van der Waals surface area contributed by atoms with Crippen LogP contribution in [-0.2, 0) is 11.3 Å². The lowest BCUT2D eigenvalue weighted by Crippen LogP contribution is -2.43. The van der Waals surface area contributed by atoms with Gasteiger partial charge in [0.1, 0.15) is 22.2 Å². The van der Waals surface area contributed by atoms with Crippen molar-refractivity contribution in [2.75, 3.05) is 0 Å². The van der Waals surface area contributed by atoms with Crippen molar-refractivity contribution in [2.24, 2.45) is 0 Å². The predicted molar refractivity (Wildman–Crippen MR) is 118 cm³/mol. The second-order valence-electron chi connectivity index (χ2n) is 8.21. The second-order valence-corrected chi connectivity index (χ2v) is 10.5. The molecule has 6 nitrogen and oxygen atoms in total. The molecule has 0 N–H and O–H groups in total. The van der Waals surface area contributed by atoms with E-state index in [1.165, 1.54) is 18.2 Å². The van der Waals surface area contributed by atoms with Gasteiger partial charge in [-0.05, 0) is 58.1 Å². The standard InChI is InChI=1S/C22H14BrF5N4O2S/c23-19-30-29-16(35-19)10-31-20(34)32(18(33)21(31)7-8-21)17(22(26,27)28)14-6-3-12(9-15(14)25)11-1-4-13(24)5-2-11/h1-6,9,17H,7-8,10H2/t17-/m0/s1. The van der Waals surface area contributed by atoms with Gasteiger partial charge in [-0.25, -0.2) is 18.5 Å². The largest absolute Gasteiger partial charge is 0.413 e. The predicted octanol–water partition coefficient (Wildman–Crippen LogP) is 5.85. The van der Waals surface area contributed by atoms with Crippen LogP contribution in [0.25, 0.3) is 11.1 Å². The molecule has 1 atom stereocenters. The highest BCUT2D eigenvalue weighted by atomic mass is 79.9. The summed E-state index contributed by atoms with van der Waals surface area (Å²) in [5, 5.41) is 7.96. The van der Waals surface area contributed by atoms with Crippen molar-refractivity contribution in [1.29, 1.82) is 0 Å². The number of hydrogen-bond donors (Lipinski definition) is 0. The molecule has 5 rings (SSSR count). The maximum atomic E-state index is 15.1. The highest BCUT2D eigenvalue weighted by Crippen LogP contribution is 2.53. The molecule has 1 aliphatic heterocycles. The molecule has 13 heteroatoms. The van der Waals surface area contributed by atoms with Gasteiger partial charge in [0.15, 0.2) is 9.96 Å². The molecule has 35 heavy (non-hydrogen) atoms. The Bertz CT molecular complexity index is 1330. The summed E-state index contributed by atoms with van der Waals surface area (Å²) in [5.74, 6) is -2.78. The maximum absolute atomic E-state index is 15.1. The molecule has 1 aromatic heterocycles. The molecule has 3 amide bonds. The molecule has 2 heterocycles. The van der Waals surface area contributed by atoms with Crippen molar-refractivity contribution in [1.82, 2.24) is 20.0 Å². The van der Waals surface area contributed by atoms with Crippen molar-refractivity contribution >= 4 is 39.2 Å². The van der Waals surface area contributed by atoms with E-state index < -0.39 is 46.9 Å². The van der Waals surface area contributed by atoms with Crippen LogP contribution in [0.5, 0.6) is 0 Å². The number of aromatic nitrogens is 2. The van der Waals surface area contributed by atoms with Crippen LogP contribution in [-0.4, -0.2) is 43.7 Å². The molecule has 0 radical (unpaired) electrons. The molecule has 0 unspecified atom stereocenters. The molecule has 0 bridgehead atoms. The summed E-state index contributed by atoms with van der Waals surface area (Å²) in [7, 11) is 0. The van der Waals surface area contributed by atoms with Gasteiger partial charge in [-0.2, -0.15) is 13.2 Å². The Balaban J connectivity index is 1.52. The molecule has 182 valence electrons. The smallest absolute Gasteiger partial charge is 0.303 e. The number of hydrogen-bond acceptors (Lipinski definition) is 5. The number of benzene rings is 2. The average molecular weight is 573 g/mol. The Morgan fingerprint density at radius 2 is 1.69 bits per heavy atom. The van der Waals surface area contributed by atoms with E-state index in [0.29, 0.717) is 14.5 Å². The topological polar surface area (TPSA) is 66.4 Å². The fourth-order valence-corrected chi connectivity index (χ4v) is 5.44. The van der Waals surface area contributed by atoms with Gasteiger partial charge in [0.25, 0.3) is 5.91 Å². The van der Waals surface area contributed by atoms with Crippen LogP contribution in [0.4, 0.5) is 26.7 Å². The summed E-state index contributed by atoms with van der Waals surface area (Å²) in [4.78, 5) is 27.5. The van der Waals surface area contributed by atoms with Crippen LogP contribution in [0.15, 0.2) is 46.4 Å². The molecular weight excluding hydrogens is 559 g/mol. The number of alkyl halides is 3. The van der Waals surface area contributed by atoms with Crippen LogP contribution in [0, 0.1) is 11.6 Å². The second kappa shape index (κ2) is 8.33. The maximum Gasteiger partial charge on any atom is 0.413 e. The fraction of sp³-hybridized carbons (Fsp3) is 0.273. The SMILES string of the molecule is O=C1N([C@@H](c2ccc(-c3ccc(F)cc3)cc2F)C(F)(F)F)C(=O)C2(CC2)N1Cc1nnc(Br)s1. The first-order chi connectivity index (χ1) is 16.5. The third kappa shape index (κ3) is 4.10. The minimum Gasteiger partial charge on any atom is -0.303 e. The van der Waals surface area contributed by atoms with Gasteiger partial charge in [0, 0.05) is 5.56 Å². The number of urea groups is 1. The molecule has 1 aliphatic carbocycles. The Morgan fingerprint density at radius 1 is 1.03 bits per heavy atom. The van der Waals surface area contributed by atoms with E-state index in [9.17, 15) is 27.2 Å². The van der Waals surface area contributed by atoms with Crippen LogP contribution < -0.4 is 0 Å². The summed E-state index contributed by atoms with van der Waals surface area (Å²) >= 11 is 4.22. The molecule has 1 spiro atoms. The number of carbonyl (C=O) groups is 2. The summed E-state index contributed by atoms with van der Waals surface area (Å²) in [6.07, 6.45) is -4.74. The number of carbonyl (C=O) groups excluding carboxylic acids is 2. The lowest BCUT2D eigenvalue weighted by atomic mass is 9.98. The molecule has 1 saturated heterocycles.